The summed E-state index contributed by atoms with van der Waals surface area (Å²) in [5.41, 5.74) is 2.60. The molecule has 0 saturated heterocycles. The van der Waals surface area contributed by atoms with Crippen molar-refractivity contribution in [3.05, 3.63) is 40.6 Å². The third-order valence-electron chi connectivity index (χ3n) is 7.02. The zero-order chi connectivity index (χ0) is 21.4. The topological polar surface area (TPSA) is 52.6 Å². The summed E-state index contributed by atoms with van der Waals surface area (Å²) < 4.78 is 11.5. The van der Waals surface area contributed by atoms with Crippen molar-refractivity contribution in [3.8, 4) is 0 Å². The quantitative estimate of drug-likeness (QED) is 0.611. The Hall–Kier alpha value is -1.94. The number of ether oxygens (including phenoxy) is 2. The highest BCUT2D eigenvalue weighted by molar-refractivity contribution is 6.26. The van der Waals surface area contributed by atoms with Gasteiger partial charge in [-0.05, 0) is 70.9 Å². The highest BCUT2D eigenvalue weighted by Gasteiger charge is 2.51. The molecule has 2 aliphatic carbocycles. The maximum atomic E-state index is 13.8. The molecular weight excluding hydrogens is 364 g/mol. The number of hydrogen-bond donors (Lipinski definition) is 0. The lowest BCUT2D eigenvalue weighted by atomic mass is 9.69. The van der Waals surface area contributed by atoms with Crippen molar-refractivity contribution in [2.45, 2.75) is 79.2 Å². The Morgan fingerprint density at radius 3 is 2.45 bits per heavy atom. The number of methoxy groups -OCH3 is 1. The fourth-order valence-electron chi connectivity index (χ4n) is 4.41. The highest BCUT2D eigenvalue weighted by atomic mass is 16.5. The summed E-state index contributed by atoms with van der Waals surface area (Å²) in [7, 11) is 1.74. The number of allylic oxidation sites excluding steroid dienone is 2. The number of benzene rings is 1. The molecule has 0 N–H and O–H groups in total. The molecule has 1 spiro atoms. The van der Waals surface area contributed by atoms with E-state index in [1.807, 2.05) is 52.8 Å². The average Bonchev–Trinajstić information content (AvgIpc) is 2.95. The monoisotopic (exact) mass is 398 g/mol. The van der Waals surface area contributed by atoms with Gasteiger partial charge in [-0.3, -0.25) is 9.59 Å². The number of aryl methyl sites for hydroxylation is 2. The predicted molar refractivity (Wildman–Crippen MR) is 114 cm³/mol. The van der Waals surface area contributed by atoms with E-state index < -0.39 is 10.8 Å². The minimum atomic E-state index is -0.577. The Kier molecular flexibility index (Phi) is 6.05. The summed E-state index contributed by atoms with van der Waals surface area (Å²) in [5.74, 6) is 0.442. The van der Waals surface area contributed by atoms with Crippen molar-refractivity contribution >= 4 is 17.3 Å². The van der Waals surface area contributed by atoms with Crippen LogP contribution in [-0.4, -0.2) is 25.0 Å². The van der Waals surface area contributed by atoms with E-state index >= 15 is 0 Å². The molecule has 158 valence electrons. The van der Waals surface area contributed by atoms with Crippen LogP contribution < -0.4 is 0 Å². The van der Waals surface area contributed by atoms with E-state index in [4.69, 9.17) is 9.47 Å². The molecule has 29 heavy (non-hydrogen) atoms. The first-order chi connectivity index (χ1) is 13.6. The summed E-state index contributed by atoms with van der Waals surface area (Å²) in [6.45, 7) is 9.80. The van der Waals surface area contributed by atoms with E-state index in [1.165, 1.54) is 0 Å². The molecule has 0 amide bonds. The Balaban J connectivity index is 2.03. The highest BCUT2D eigenvalue weighted by Crippen LogP contribution is 2.52. The van der Waals surface area contributed by atoms with Crippen LogP contribution in [0.15, 0.2) is 24.0 Å². The lowest BCUT2D eigenvalue weighted by molar-refractivity contribution is -0.150. The van der Waals surface area contributed by atoms with Gasteiger partial charge in [0.15, 0.2) is 5.78 Å². The Morgan fingerprint density at radius 1 is 1.21 bits per heavy atom. The van der Waals surface area contributed by atoms with Gasteiger partial charge in [0.25, 0.3) is 0 Å². The van der Waals surface area contributed by atoms with E-state index in [-0.39, 0.29) is 17.9 Å². The normalized spacial score (nSPS) is 25.0. The number of ketones is 1. The Bertz CT molecular complexity index is 838. The van der Waals surface area contributed by atoms with E-state index in [0.717, 1.165) is 42.4 Å². The molecule has 1 saturated carbocycles. The molecule has 3 rings (SSSR count). The summed E-state index contributed by atoms with van der Waals surface area (Å²) in [6, 6.07) is 6.12. The van der Waals surface area contributed by atoms with Gasteiger partial charge < -0.3 is 9.47 Å². The SMILES string of the molecule is CCC(C)(C)C(=O)OC1=C(c2cc(C)ccc2C)C(=O)C2(CCC(OC)CC2)C1. The van der Waals surface area contributed by atoms with Crippen molar-refractivity contribution in [2.24, 2.45) is 10.8 Å². The second-order valence-corrected chi connectivity index (χ2v) is 9.46. The molecule has 0 unspecified atom stereocenters. The summed E-state index contributed by atoms with van der Waals surface area (Å²) in [4.78, 5) is 26.6. The lowest BCUT2D eigenvalue weighted by Gasteiger charge is -2.35. The van der Waals surface area contributed by atoms with Gasteiger partial charge in [-0.1, -0.05) is 30.7 Å². The standard InChI is InChI=1S/C25H34O4/c1-7-24(4,5)23(27)29-20-15-25(12-10-18(28-6)11-13-25)22(26)21(20)19-14-16(2)8-9-17(19)3/h8-9,14,18H,7,10-13,15H2,1-6H3. The van der Waals surface area contributed by atoms with E-state index in [9.17, 15) is 9.59 Å². The number of carbonyl (C=O) groups excluding carboxylic acids is 2. The molecule has 1 aromatic carbocycles. The number of rotatable bonds is 5. The maximum Gasteiger partial charge on any atom is 0.316 e. The van der Waals surface area contributed by atoms with Gasteiger partial charge in [0.1, 0.15) is 5.76 Å². The number of Topliss-reactive ketones (excluding diaryl/α,β-unsaturated/α-hetero) is 1. The number of esters is 1. The second-order valence-electron chi connectivity index (χ2n) is 9.46. The van der Waals surface area contributed by atoms with E-state index in [2.05, 4.69) is 0 Å². The molecule has 0 heterocycles. The molecule has 2 aliphatic rings. The predicted octanol–water partition coefficient (Wildman–Crippen LogP) is 5.54. The first-order valence-electron chi connectivity index (χ1n) is 10.7. The van der Waals surface area contributed by atoms with Crippen LogP contribution in [0, 0.1) is 24.7 Å². The molecule has 0 aliphatic heterocycles. The molecule has 0 radical (unpaired) electrons. The number of hydrogen-bond acceptors (Lipinski definition) is 4. The minimum absolute atomic E-state index is 0.137. The first-order valence-corrected chi connectivity index (χ1v) is 10.7. The molecular formula is C25H34O4. The van der Waals surface area contributed by atoms with Crippen LogP contribution in [0.5, 0.6) is 0 Å². The largest absolute Gasteiger partial charge is 0.430 e. The molecule has 0 bridgehead atoms. The Morgan fingerprint density at radius 2 is 1.86 bits per heavy atom. The van der Waals surface area contributed by atoms with Gasteiger partial charge in [-0.25, -0.2) is 0 Å². The summed E-state index contributed by atoms with van der Waals surface area (Å²) in [5, 5.41) is 0. The van der Waals surface area contributed by atoms with E-state index in [1.54, 1.807) is 7.11 Å². The smallest absolute Gasteiger partial charge is 0.316 e. The molecule has 4 nitrogen and oxygen atoms in total. The van der Waals surface area contributed by atoms with Crippen LogP contribution in [0.2, 0.25) is 0 Å². The molecule has 1 aromatic rings. The third kappa shape index (κ3) is 4.05. The zero-order valence-electron chi connectivity index (χ0n) is 18.7. The summed E-state index contributed by atoms with van der Waals surface area (Å²) >= 11 is 0. The molecule has 4 heteroatoms. The second kappa shape index (κ2) is 8.06. The van der Waals surface area contributed by atoms with Crippen LogP contribution in [0.25, 0.3) is 5.57 Å². The van der Waals surface area contributed by atoms with Gasteiger partial charge in [-0.15, -0.1) is 0 Å². The lowest BCUT2D eigenvalue weighted by Crippen LogP contribution is -2.35. The van der Waals surface area contributed by atoms with E-state index in [0.29, 0.717) is 24.2 Å². The van der Waals surface area contributed by atoms with Crippen LogP contribution in [-0.2, 0) is 19.1 Å². The van der Waals surface area contributed by atoms with Crippen LogP contribution in [0.4, 0.5) is 0 Å². The molecule has 0 atom stereocenters. The number of carbonyl (C=O) groups is 2. The van der Waals surface area contributed by atoms with Gasteiger partial charge in [0.05, 0.1) is 17.1 Å². The maximum absolute atomic E-state index is 13.8. The van der Waals surface area contributed by atoms with Crippen molar-refractivity contribution in [2.75, 3.05) is 7.11 Å². The fourth-order valence-corrected chi connectivity index (χ4v) is 4.41. The third-order valence-corrected chi connectivity index (χ3v) is 7.02. The van der Waals surface area contributed by atoms with Crippen molar-refractivity contribution in [3.63, 3.8) is 0 Å². The van der Waals surface area contributed by atoms with Crippen LogP contribution in [0.3, 0.4) is 0 Å². The average molecular weight is 399 g/mol. The zero-order valence-corrected chi connectivity index (χ0v) is 18.7. The fraction of sp³-hybridized carbons (Fsp3) is 0.600. The molecule has 1 fully saturated rings. The van der Waals surface area contributed by atoms with Gasteiger partial charge in [-0.2, -0.15) is 0 Å². The van der Waals surface area contributed by atoms with Gasteiger partial charge in [0.2, 0.25) is 0 Å². The first kappa shape index (κ1) is 21.8. The Labute approximate surface area is 174 Å². The molecule has 0 aromatic heterocycles. The minimum Gasteiger partial charge on any atom is -0.430 e. The van der Waals surface area contributed by atoms with Gasteiger partial charge in [0, 0.05) is 18.9 Å². The van der Waals surface area contributed by atoms with Crippen LogP contribution in [0.1, 0.15) is 76.0 Å². The summed E-state index contributed by atoms with van der Waals surface area (Å²) in [6.07, 6.45) is 4.69. The van der Waals surface area contributed by atoms with Crippen molar-refractivity contribution in [1.29, 1.82) is 0 Å². The van der Waals surface area contributed by atoms with Gasteiger partial charge >= 0.3 is 5.97 Å². The van der Waals surface area contributed by atoms with Crippen molar-refractivity contribution in [1.82, 2.24) is 0 Å². The van der Waals surface area contributed by atoms with Crippen molar-refractivity contribution < 1.29 is 19.1 Å². The van der Waals surface area contributed by atoms with Crippen LogP contribution >= 0.6 is 0 Å².